The van der Waals surface area contributed by atoms with Crippen LogP contribution in [0.2, 0.25) is 0 Å². The van der Waals surface area contributed by atoms with E-state index in [1.807, 2.05) is 0 Å². The smallest absolute Gasteiger partial charge is 0.308 e. The molecule has 4 heterocycles. The molecule has 3 aliphatic carbocycles. The molecule has 202 valence electrons. The molecule has 0 amide bonds. The first kappa shape index (κ1) is 24.5. The fourth-order valence-corrected chi connectivity index (χ4v) is 11.6. The van der Waals surface area contributed by atoms with Crippen molar-refractivity contribution in [2.24, 2.45) is 45.8 Å². The Morgan fingerprint density at radius 3 is 2.62 bits per heavy atom. The Balaban J connectivity index is 1.46. The van der Waals surface area contributed by atoms with E-state index < -0.39 is 22.3 Å². The monoisotopic (exact) mass is 509 g/mol. The summed E-state index contributed by atoms with van der Waals surface area (Å²) in [5.41, 5.74) is -1.44. The first-order valence-electron chi connectivity index (χ1n) is 14.8. The Hall–Kier alpha value is -1.53. The number of carbonyl (C=O) groups is 3. The Morgan fingerprint density at radius 2 is 1.89 bits per heavy atom. The summed E-state index contributed by atoms with van der Waals surface area (Å²) in [6.45, 7) is 14.0. The molecule has 0 aromatic carbocycles. The van der Waals surface area contributed by atoms with Gasteiger partial charge in [-0.2, -0.15) is 0 Å². The van der Waals surface area contributed by atoms with Gasteiger partial charge in [-0.25, -0.2) is 4.90 Å². The summed E-state index contributed by atoms with van der Waals surface area (Å²) in [4.78, 5) is 44.2. The van der Waals surface area contributed by atoms with Gasteiger partial charge in [0.05, 0.1) is 12.5 Å². The molecule has 0 aromatic rings. The number of hydrogen-bond acceptors (Lipinski definition) is 6. The maximum Gasteiger partial charge on any atom is 0.308 e. The van der Waals surface area contributed by atoms with Crippen LogP contribution in [0, 0.1) is 45.8 Å². The molecular weight excluding hydrogens is 466 g/mol. The normalized spacial score (nSPS) is 56.5. The summed E-state index contributed by atoms with van der Waals surface area (Å²) in [6.07, 6.45) is 8.15. The van der Waals surface area contributed by atoms with E-state index in [2.05, 4.69) is 46.4 Å². The number of piperidine rings is 1. The molecule has 0 aromatic heterocycles. The average molecular weight is 510 g/mol. The molecule has 0 radical (unpaired) electrons. The number of ketones is 2. The number of nitrogens with zero attached hydrogens (tertiary/aromatic N) is 1. The van der Waals surface area contributed by atoms with Gasteiger partial charge in [0.2, 0.25) is 0 Å². The van der Waals surface area contributed by atoms with Gasteiger partial charge in [-0.05, 0) is 74.2 Å². The van der Waals surface area contributed by atoms with Gasteiger partial charge in [0.1, 0.15) is 11.5 Å². The summed E-state index contributed by atoms with van der Waals surface area (Å²) < 4.78 is 13.5. The van der Waals surface area contributed by atoms with Crippen LogP contribution in [0.25, 0.3) is 0 Å². The molecule has 7 aliphatic rings. The maximum absolute atomic E-state index is 14.6. The second kappa shape index (κ2) is 7.15. The third kappa shape index (κ3) is 2.63. The van der Waals surface area contributed by atoms with Gasteiger partial charge in [0.15, 0.2) is 11.5 Å². The highest BCUT2D eigenvalue weighted by molar-refractivity contribution is 6.00. The van der Waals surface area contributed by atoms with Crippen LogP contribution in [0.5, 0.6) is 0 Å². The van der Waals surface area contributed by atoms with Crippen molar-refractivity contribution in [3.05, 3.63) is 11.6 Å². The molecule has 4 bridgehead atoms. The van der Waals surface area contributed by atoms with Crippen LogP contribution >= 0.6 is 0 Å². The third-order valence-electron chi connectivity index (χ3n) is 12.9. The molecule has 1 spiro atoms. The fourth-order valence-electron chi connectivity index (χ4n) is 11.6. The zero-order valence-electron chi connectivity index (χ0n) is 23.4. The highest BCUT2D eigenvalue weighted by Gasteiger charge is 2.82. The molecule has 6 nitrogen and oxygen atoms in total. The Bertz CT molecular complexity index is 1150. The van der Waals surface area contributed by atoms with E-state index in [9.17, 15) is 14.4 Å². The molecule has 0 N–H and O–H groups in total. The van der Waals surface area contributed by atoms with E-state index in [1.165, 1.54) is 0 Å². The average Bonchev–Trinajstić information content (AvgIpc) is 3.07. The van der Waals surface area contributed by atoms with E-state index in [-0.39, 0.29) is 59.1 Å². The van der Waals surface area contributed by atoms with Gasteiger partial charge in [0, 0.05) is 36.1 Å². The molecule has 6 fully saturated rings. The number of fused-ring (bicyclic) bond motifs is 5. The van der Waals surface area contributed by atoms with Crippen molar-refractivity contribution in [2.45, 2.75) is 110 Å². The van der Waals surface area contributed by atoms with Crippen molar-refractivity contribution in [1.29, 1.82) is 0 Å². The summed E-state index contributed by atoms with van der Waals surface area (Å²) in [7, 11) is 0. The van der Waals surface area contributed by atoms with E-state index >= 15 is 0 Å². The summed E-state index contributed by atoms with van der Waals surface area (Å²) in [5.74, 6) is 0.0301. The molecule has 4 saturated heterocycles. The predicted molar refractivity (Wildman–Crippen MR) is 137 cm³/mol. The van der Waals surface area contributed by atoms with Crippen LogP contribution < -0.4 is 0 Å². The Kier molecular flexibility index (Phi) is 4.74. The van der Waals surface area contributed by atoms with Crippen LogP contribution in [0.3, 0.4) is 0 Å². The maximum atomic E-state index is 14.6. The standard InChI is InChI=1S/C31H43NO5/c1-7-20-24-21(11-17(2)12-22(24)33)27(4)16-31-29(6,28(5,14-23(34)37-31)26(27)25(20)35)8-9-30-13-18(3)10-19(36-30)15-32(30)31/h12,18-21,24,26H,7-11,13-16H2,1-6H3. The van der Waals surface area contributed by atoms with Gasteiger partial charge in [-0.1, -0.05) is 40.2 Å². The summed E-state index contributed by atoms with van der Waals surface area (Å²) in [6, 6.07) is 0. The van der Waals surface area contributed by atoms with Crippen molar-refractivity contribution >= 4 is 17.5 Å². The van der Waals surface area contributed by atoms with Gasteiger partial charge in [0.25, 0.3) is 0 Å². The van der Waals surface area contributed by atoms with E-state index in [1.54, 1.807) is 6.08 Å². The largest absolute Gasteiger partial charge is 0.443 e. The van der Waals surface area contributed by atoms with Gasteiger partial charge in [-0.3, -0.25) is 14.4 Å². The Labute approximate surface area is 220 Å². The number of allylic oxidation sites excluding steroid dienone is 2. The van der Waals surface area contributed by atoms with Crippen LogP contribution in [0.15, 0.2) is 11.6 Å². The molecule has 11 unspecified atom stereocenters. The fraction of sp³-hybridized carbons (Fsp3) is 0.839. The molecule has 2 saturated carbocycles. The van der Waals surface area contributed by atoms with Crippen LogP contribution in [-0.2, 0) is 23.9 Å². The SMILES string of the molecule is CCC1C(=O)C2C(C)(CC34OC(=O)CC2(C)C3(C)CCC23CC(C)CC(CN24)O3)C2CC(C)=CC(=O)C12. The lowest BCUT2D eigenvalue weighted by molar-refractivity contribution is -0.380. The van der Waals surface area contributed by atoms with Crippen LogP contribution in [-0.4, -0.2) is 46.5 Å². The number of esters is 1. The number of Topliss-reactive ketones (excluding diaryl/α,β-unsaturated/α-hetero) is 1. The van der Waals surface area contributed by atoms with Crippen molar-refractivity contribution < 1.29 is 23.9 Å². The van der Waals surface area contributed by atoms with Gasteiger partial charge >= 0.3 is 5.97 Å². The van der Waals surface area contributed by atoms with Crippen LogP contribution in [0.1, 0.15) is 92.9 Å². The highest BCUT2D eigenvalue weighted by atomic mass is 16.6. The molecular formula is C31H43NO5. The minimum Gasteiger partial charge on any atom is -0.443 e. The first-order valence-corrected chi connectivity index (χ1v) is 14.8. The number of rotatable bonds is 1. The lowest BCUT2D eigenvalue weighted by atomic mass is 9.33. The van der Waals surface area contributed by atoms with Gasteiger partial charge in [-0.15, -0.1) is 0 Å². The molecule has 7 rings (SSSR count). The van der Waals surface area contributed by atoms with Gasteiger partial charge < -0.3 is 9.47 Å². The highest BCUT2D eigenvalue weighted by Crippen LogP contribution is 2.78. The number of hydrogen-bond donors (Lipinski definition) is 0. The zero-order chi connectivity index (χ0) is 26.3. The minimum absolute atomic E-state index is 0.0786. The van der Waals surface area contributed by atoms with Crippen LogP contribution in [0.4, 0.5) is 0 Å². The lowest BCUT2D eigenvalue weighted by Gasteiger charge is -2.76. The lowest BCUT2D eigenvalue weighted by Crippen LogP contribution is -2.83. The summed E-state index contributed by atoms with van der Waals surface area (Å²) >= 11 is 0. The Morgan fingerprint density at radius 1 is 1.14 bits per heavy atom. The second-order valence-electron chi connectivity index (χ2n) is 14.8. The molecule has 6 heteroatoms. The first-order chi connectivity index (χ1) is 17.3. The minimum atomic E-state index is -0.818. The van der Waals surface area contributed by atoms with Crippen molar-refractivity contribution in [1.82, 2.24) is 4.90 Å². The van der Waals surface area contributed by atoms with Crippen molar-refractivity contribution in [3.8, 4) is 0 Å². The van der Waals surface area contributed by atoms with E-state index in [4.69, 9.17) is 9.47 Å². The zero-order valence-corrected chi connectivity index (χ0v) is 23.4. The van der Waals surface area contributed by atoms with Crippen molar-refractivity contribution in [2.75, 3.05) is 6.54 Å². The topological polar surface area (TPSA) is 72.9 Å². The summed E-state index contributed by atoms with van der Waals surface area (Å²) in [5, 5.41) is 0. The molecule has 11 atom stereocenters. The van der Waals surface area contributed by atoms with E-state index in [0.29, 0.717) is 18.8 Å². The predicted octanol–water partition coefficient (Wildman–Crippen LogP) is 5.05. The third-order valence-corrected chi connectivity index (χ3v) is 12.9. The number of carbonyl (C=O) groups excluding carboxylic acids is 3. The molecule has 4 aliphatic heterocycles. The molecule has 37 heavy (non-hydrogen) atoms. The number of ether oxygens (including phenoxy) is 2. The quantitative estimate of drug-likeness (QED) is 0.461. The second-order valence-corrected chi connectivity index (χ2v) is 14.8. The van der Waals surface area contributed by atoms with E-state index in [0.717, 1.165) is 44.2 Å². The van der Waals surface area contributed by atoms with Crippen molar-refractivity contribution in [3.63, 3.8) is 0 Å².